The van der Waals surface area contributed by atoms with Crippen molar-refractivity contribution < 1.29 is 14.3 Å². The van der Waals surface area contributed by atoms with Gasteiger partial charge in [0.25, 0.3) is 0 Å². The molecule has 1 saturated carbocycles. The van der Waals surface area contributed by atoms with Crippen LogP contribution in [0.25, 0.3) is 0 Å². The van der Waals surface area contributed by atoms with Gasteiger partial charge in [0.1, 0.15) is 18.1 Å². The van der Waals surface area contributed by atoms with E-state index in [1.165, 1.54) is 37.4 Å². The highest BCUT2D eigenvalue weighted by Crippen LogP contribution is 2.20. The largest absolute Gasteiger partial charge is 0.497 e. The molecule has 7 nitrogen and oxygen atoms in total. The first-order chi connectivity index (χ1) is 13.7. The fourth-order valence-corrected chi connectivity index (χ4v) is 3.98. The zero-order valence-electron chi connectivity index (χ0n) is 16.5. The molecule has 0 bridgehead atoms. The van der Waals surface area contributed by atoms with Crippen molar-refractivity contribution in [3.05, 3.63) is 30.1 Å². The summed E-state index contributed by atoms with van der Waals surface area (Å²) in [5, 5.41) is 12.2. The van der Waals surface area contributed by atoms with Crippen molar-refractivity contribution in [2.75, 3.05) is 12.9 Å². The van der Waals surface area contributed by atoms with Crippen molar-refractivity contribution in [2.45, 2.75) is 56.3 Å². The monoisotopic (exact) mass is 404 g/mol. The number of methoxy groups -OCH3 is 1. The van der Waals surface area contributed by atoms with Gasteiger partial charge in [-0.2, -0.15) is 0 Å². The summed E-state index contributed by atoms with van der Waals surface area (Å²) in [5.74, 6) is 2.65. The number of rotatable bonds is 8. The Morgan fingerprint density at radius 2 is 1.82 bits per heavy atom. The summed E-state index contributed by atoms with van der Waals surface area (Å²) >= 11 is 1.40. The molecule has 1 aromatic heterocycles. The van der Waals surface area contributed by atoms with E-state index in [1.807, 2.05) is 35.9 Å². The second-order valence-corrected chi connectivity index (χ2v) is 7.91. The number of amides is 1. The molecule has 8 heteroatoms. The lowest BCUT2D eigenvalue weighted by molar-refractivity contribution is -0.119. The van der Waals surface area contributed by atoms with E-state index in [0.29, 0.717) is 29.4 Å². The molecule has 1 aliphatic carbocycles. The Morgan fingerprint density at radius 1 is 1.14 bits per heavy atom. The fourth-order valence-electron chi connectivity index (χ4n) is 3.24. The summed E-state index contributed by atoms with van der Waals surface area (Å²) in [6.45, 7) is 0.310. The zero-order chi connectivity index (χ0) is 19.8. The molecule has 0 radical (unpaired) electrons. The predicted molar refractivity (Wildman–Crippen MR) is 109 cm³/mol. The molecule has 1 heterocycles. The minimum absolute atomic E-state index is 0.0657. The molecule has 0 saturated heterocycles. The fraction of sp³-hybridized carbons (Fsp3) is 0.550. The predicted octanol–water partition coefficient (Wildman–Crippen LogP) is 3.33. The minimum Gasteiger partial charge on any atom is -0.497 e. The molecule has 152 valence electrons. The lowest BCUT2D eigenvalue weighted by Gasteiger charge is -2.15. The van der Waals surface area contributed by atoms with Gasteiger partial charge < -0.3 is 19.4 Å². The summed E-state index contributed by atoms with van der Waals surface area (Å²) in [7, 11) is 3.52. The number of aromatic nitrogens is 3. The molecule has 0 aliphatic heterocycles. The quantitative estimate of drug-likeness (QED) is 0.537. The first kappa shape index (κ1) is 20.5. The molecule has 28 heavy (non-hydrogen) atoms. The van der Waals surface area contributed by atoms with Crippen molar-refractivity contribution >= 4 is 17.7 Å². The first-order valence-corrected chi connectivity index (χ1v) is 10.7. The number of hydrogen-bond acceptors (Lipinski definition) is 6. The molecule has 1 fully saturated rings. The van der Waals surface area contributed by atoms with Crippen LogP contribution in [0.4, 0.5) is 0 Å². The van der Waals surface area contributed by atoms with Gasteiger partial charge in [0.2, 0.25) is 5.91 Å². The van der Waals surface area contributed by atoms with Crippen molar-refractivity contribution in [3.63, 3.8) is 0 Å². The molecule has 1 aliphatic rings. The number of carbonyl (C=O) groups excluding carboxylic acids is 1. The van der Waals surface area contributed by atoms with E-state index in [-0.39, 0.29) is 5.91 Å². The molecule has 1 amide bonds. The lowest BCUT2D eigenvalue weighted by Crippen LogP contribution is -2.35. The van der Waals surface area contributed by atoms with Crippen LogP contribution < -0.4 is 14.8 Å². The van der Waals surface area contributed by atoms with Crippen LogP contribution in [0.15, 0.2) is 29.4 Å². The van der Waals surface area contributed by atoms with Gasteiger partial charge in [-0.3, -0.25) is 4.79 Å². The van der Waals surface area contributed by atoms with Gasteiger partial charge in [0.05, 0.1) is 12.9 Å². The van der Waals surface area contributed by atoms with Gasteiger partial charge in [-0.25, -0.2) is 0 Å². The maximum atomic E-state index is 12.3. The molecule has 2 aromatic rings. The maximum absolute atomic E-state index is 12.3. The van der Waals surface area contributed by atoms with E-state index < -0.39 is 0 Å². The number of hydrogen-bond donors (Lipinski definition) is 1. The third-order valence-electron chi connectivity index (χ3n) is 4.91. The van der Waals surface area contributed by atoms with Gasteiger partial charge in [0.15, 0.2) is 11.0 Å². The Kier molecular flexibility index (Phi) is 7.59. The van der Waals surface area contributed by atoms with Gasteiger partial charge in [-0.05, 0) is 37.1 Å². The average Bonchev–Trinajstić information content (AvgIpc) is 2.89. The van der Waals surface area contributed by atoms with Gasteiger partial charge in [-0.15, -0.1) is 10.2 Å². The van der Waals surface area contributed by atoms with Crippen LogP contribution in [0.3, 0.4) is 0 Å². The highest BCUT2D eigenvalue weighted by molar-refractivity contribution is 7.99. The summed E-state index contributed by atoms with van der Waals surface area (Å²) in [4.78, 5) is 12.3. The van der Waals surface area contributed by atoms with E-state index in [9.17, 15) is 4.79 Å². The SMILES string of the molecule is COc1ccc(OCc2nnc(SCC(=O)NC3CCCCCC3)n2C)cc1. The van der Waals surface area contributed by atoms with Gasteiger partial charge in [0, 0.05) is 13.1 Å². The summed E-state index contributed by atoms with van der Waals surface area (Å²) < 4.78 is 12.8. The van der Waals surface area contributed by atoms with E-state index in [1.54, 1.807) is 7.11 Å². The molecule has 1 N–H and O–H groups in total. The Labute approximate surface area is 170 Å². The highest BCUT2D eigenvalue weighted by Gasteiger charge is 2.16. The Hall–Kier alpha value is -2.22. The van der Waals surface area contributed by atoms with Crippen LogP contribution in [0.1, 0.15) is 44.3 Å². The number of benzene rings is 1. The average molecular weight is 405 g/mol. The minimum atomic E-state index is 0.0657. The van der Waals surface area contributed by atoms with Gasteiger partial charge >= 0.3 is 0 Å². The molecule has 1 aromatic carbocycles. The highest BCUT2D eigenvalue weighted by atomic mass is 32.2. The molecule has 0 unspecified atom stereocenters. The standard InChI is InChI=1S/C20H28N4O3S/c1-24-18(13-27-17-11-9-16(26-2)10-12-17)22-23-20(24)28-14-19(25)21-15-7-5-3-4-6-8-15/h9-12,15H,3-8,13-14H2,1-2H3,(H,21,25). The number of nitrogens with one attached hydrogen (secondary N) is 1. The number of ether oxygens (including phenoxy) is 2. The Morgan fingerprint density at radius 3 is 2.50 bits per heavy atom. The normalized spacial score (nSPS) is 15.1. The van der Waals surface area contributed by atoms with Crippen LogP contribution in [-0.4, -0.2) is 39.6 Å². The van der Waals surface area contributed by atoms with Crippen molar-refractivity contribution in [1.29, 1.82) is 0 Å². The van der Waals surface area contributed by atoms with Crippen LogP contribution >= 0.6 is 11.8 Å². The third kappa shape index (κ3) is 5.89. The molecule has 0 atom stereocenters. The molecular formula is C20H28N4O3S. The zero-order valence-corrected chi connectivity index (χ0v) is 17.3. The van der Waals surface area contributed by atoms with Crippen LogP contribution in [0.2, 0.25) is 0 Å². The first-order valence-electron chi connectivity index (χ1n) is 9.73. The smallest absolute Gasteiger partial charge is 0.230 e. The second-order valence-electron chi connectivity index (χ2n) is 6.97. The van der Waals surface area contributed by atoms with E-state index in [2.05, 4.69) is 15.5 Å². The van der Waals surface area contributed by atoms with E-state index in [0.717, 1.165) is 24.3 Å². The summed E-state index contributed by atoms with van der Waals surface area (Å²) in [5.41, 5.74) is 0. The molecule has 0 spiro atoms. The van der Waals surface area contributed by atoms with Crippen LogP contribution in [0.5, 0.6) is 11.5 Å². The van der Waals surface area contributed by atoms with Crippen molar-refractivity contribution in [1.82, 2.24) is 20.1 Å². The van der Waals surface area contributed by atoms with Crippen molar-refractivity contribution in [3.8, 4) is 11.5 Å². The topological polar surface area (TPSA) is 78.3 Å². The molecular weight excluding hydrogens is 376 g/mol. The second kappa shape index (κ2) is 10.4. The van der Waals surface area contributed by atoms with E-state index in [4.69, 9.17) is 9.47 Å². The van der Waals surface area contributed by atoms with E-state index >= 15 is 0 Å². The summed E-state index contributed by atoms with van der Waals surface area (Å²) in [6.07, 6.45) is 7.15. The third-order valence-corrected chi connectivity index (χ3v) is 5.93. The Bertz CT molecular complexity index is 755. The maximum Gasteiger partial charge on any atom is 0.230 e. The van der Waals surface area contributed by atoms with Crippen molar-refractivity contribution in [2.24, 2.45) is 7.05 Å². The Balaban J connectivity index is 1.46. The number of carbonyl (C=O) groups is 1. The number of nitrogens with zero attached hydrogens (tertiary/aromatic N) is 3. The van der Waals surface area contributed by atoms with Gasteiger partial charge in [-0.1, -0.05) is 37.4 Å². The number of thioether (sulfide) groups is 1. The summed E-state index contributed by atoms with van der Waals surface area (Å²) in [6, 6.07) is 7.72. The van der Waals surface area contributed by atoms with Crippen LogP contribution in [-0.2, 0) is 18.4 Å². The van der Waals surface area contributed by atoms with Crippen LogP contribution in [0, 0.1) is 0 Å². The molecule has 3 rings (SSSR count). The lowest BCUT2D eigenvalue weighted by atomic mass is 10.1.